The second-order valence-corrected chi connectivity index (χ2v) is 7.48. The van der Waals surface area contributed by atoms with E-state index in [0.717, 1.165) is 5.56 Å². The number of carbonyl (C=O) groups is 3. The fraction of sp³-hybridized carbons (Fsp3) is 0.350. The van der Waals surface area contributed by atoms with E-state index >= 15 is 0 Å². The predicted molar refractivity (Wildman–Crippen MR) is 108 cm³/mol. The number of aryl methyl sites for hydroxylation is 1. The lowest BCUT2D eigenvalue weighted by atomic mass is 10.0. The van der Waals surface area contributed by atoms with Crippen LogP contribution in [0.25, 0.3) is 0 Å². The molecule has 0 aliphatic rings. The quantitative estimate of drug-likeness (QED) is 0.660. The van der Waals surface area contributed by atoms with Gasteiger partial charge in [-0.15, -0.1) is 11.3 Å². The van der Waals surface area contributed by atoms with Crippen LogP contribution in [0.1, 0.15) is 29.1 Å². The van der Waals surface area contributed by atoms with Gasteiger partial charge in [-0.1, -0.05) is 26.0 Å². The summed E-state index contributed by atoms with van der Waals surface area (Å²) in [5.41, 5.74) is 1.44. The Labute approximate surface area is 168 Å². The number of benzene rings is 1. The number of anilines is 1. The summed E-state index contributed by atoms with van der Waals surface area (Å²) >= 11 is 1.28. The van der Waals surface area contributed by atoms with Crippen LogP contribution in [0, 0.1) is 12.8 Å². The van der Waals surface area contributed by atoms with Gasteiger partial charge >= 0.3 is 5.97 Å². The van der Waals surface area contributed by atoms with E-state index < -0.39 is 24.5 Å². The highest BCUT2D eigenvalue weighted by molar-refractivity contribution is 7.12. The van der Waals surface area contributed by atoms with Gasteiger partial charge in [0.15, 0.2) is 6.61 Å². The van der Waals surface area contributed by atoms with Crippen LogP contribution in [-0.4, -0.2) is 37.5 Å². The summed E-state index contributed by atoms with van der Waals surface area (Å²) in [5, 5.41) is 7.10. The number of methoxy groups -OCH3 is 1. The Bertz CT molecular complexity index is 833. The topological polar surface area (TPSA) is 93.7 Å². The fourth-order valence-corrected chi connectivity index (χ4v) is 3.08. The molecule has 1 atom stereocenters. The van der Waals surface area contributed by atoms with Gasteiger partial charge in [0.05, 0.1) is 17.7 Å². The average Bonchev–Trinajstić information content (AvgIpc) is 3.19. The second kappa shape index (κ2) is 9.89. The highest BCUT2D eigenvalue weighted by Crippen LogP contribution is 2.25. The molecule has 0 saturated carbocycles. The van der Waals surface area contributed by atoms with Crippen molar-refractivity contribution in [3.63, 3.8) is 0 Å². The first-order valence-electron chi connectivity index (χ1n) is 8.77. The highest BCUT2D eigenvalue weighted by atomic mass is 32.1. The number of esters is 1. The SMILES string of the molecule is COc1ccc(C)cc1NC(=O)COC(=O)[C@H](NC(=O)c1cccs1)C(C)C. The molecule has 0 radical (unpaired) electrons. The van der Waals surface area contributed by atoms with Gasteiger partial charge in [-0.3, -0.25) is 9.59 Å². The summed E-state index contributed by atoms with van der Waals surface area (Å²) in [6, 6.07) is 7.94. The lowest BCUT2D eigenvalue weighted by molar-refractivity contribution is -0.150. The molecular formula is C20H24N2O5S. The maximum Gasteiger partial charge on any atom is 0.329 e. The van der Waals surface area contributed by atoms with Gasteiger partial charge < -0.3 is 20.1 Å². The molecule has 1 aromatic heterocycles. The molecule has 0 fully saturated rings. The summed E-state index contributed by atoms with van der Waals surface area (Å²) in [4.78, 5) is 37.3. The number of carbonyl (C=O) groups excluding carboxylic acids is 3. The Balaban J connectivity index is 1.94. The van der Waals surface area contributed by atoms with Gasteiger partial charge in [0.2, 0.25) is 0 Å². The van der Waals surface area contributed by atoms with Crippen LogP contribution in [-0.2, 0) is 14.3 Å². The van der Waals surface area contributed by atoms with Crippen molar-refractivity contribution in [3.05, 3.63) is 46.2 Å². The molecule has 0 saturated heterocycles. The van der Waals surface area contributed by atoms with Gasteiger partial charge in [-0.05, 0) is 42.0 Å². The minimum Gasteiger partial charge on any atom is -0.495 e. The lowest BCUT2D eigenvalue weighted by Gasteiger charge is -2.20. The molecule has 7 nitrogen and oxygen atoms in total. The van der Waals surface area contributed by atoms with E-state index in [-0.39, 0.29) is 11.8 Å². The van der Waals surface area contributed by atoms with Crippen molar-refractivity contribution < 1.29 is 23.9 Å². The van der Waals surface area contributed by atoms with E-state index in [0.29, 0.717) is 16.3 Å². The monoisotopic (exact) mass is 404 g/mol. The molecule has 0 bridgehead atoms. The molecule has 0 spiro atoms. The van der Waals surface area contributed by atoms with Gasteiger partial charge in [0.1, 0.15) is 11.8 Å². The maximum absolute atomic E-state index is 12.4. The normalized spacial score (nSPS) is 11.6. The molecule has 2 N–H and O–H groups in total. The van der Waals surface area contributed by atoms with Gasteiger partial charge in [-0.2, -0.15) is 0 Å². The lowest BCUT2D eigenvalue weighted by Crippen LogP contribution is -2.45. The minimum absolute atomic E-state index is 0.198. The molecule has 150 valence electrons. The number of hydrogen-bond donors (Lipinski definition) is 2. The second-order valence-electron chi connectivity index (χ2n) is 6.53. The first kappa shape index (κ1) is 21.4. The van der Waals surface area contributed by atoms with Gasteiger partial charge in [0.25, 0.3) is 11.8 Å². The highest BCUT2D eigenvalue weighted by Gasteiger charge is 2.27. The smallest absolute Gasteiger partial charge is 0.329 e. The Morgan fingerprint density at radius 3 is 2.54 bits per heavy atom. The van der Waals surface area contributed by atoms with Crippen molar-refractivity contribution in [2.24, 2.45) is 5.92 Å². The summed E-state index contributed by atoms with van der Waals surface area (Å²) in [6.07, 6.45) is 0. The van der Waals surface area contributed by atoms with Crippen molar-refractivity contribution in [2.45, 2.75) is 26.8 Å². The van der Waals surface area contributed by atoms with Crippen molar-refractivity contribution in [2.75, 3.05) is 19.0 Å². The Morgan fingerprint density at radius 1 is 1.18 bits per heavy atom. The zero-order valence-electron chi connectivity index (χ0n) is 16.3. The molecule has 2 amide bonds. The number of rotatable bonds is 8. The summed E-state index contributed by atoms with van der Waals surface area (Å²) < 4.78 is 10.3. The third kappa shape index (κ3) is 5.82. The van der Waals surface area contributed by atoms with Crippen LogP contribution in [0.3, 0.4) is 0 Å². The number of hydrogen-bond acceptors (Lipinski definition) is 6. The molecular weight excluding hydrogens is 380 g/mol. The first-order valence-corrected chi connectivity index (χ1v) is 9.65. The Morgan fingerprint density at radius 2 is 1.93 bits per heavy atom. The molecule has 0 aliphatic heterocycles. The molecule has 2 aromatic rings. The predicted octanol–water partition coefficient (Wildman–Crippen LogP) is 3.00. The first-order chi connectivity index (χ1) is 13.3. The largest absolute Gasteiger partial charge is 0.495 e. The number of amides is 2. The molecule has 1 aromatic carbocycles. The molecule has 0 unspecified atom stereocenters. The number of thiophene rings is 1. The van der Waals surface area contributed by atoms with Gasteiger partial charge in [-0.25, -0.2) is 4.79 Å². The fourth-order valence-electron chi connectivity index (χ4n) is 2.45. The van der Waals surface area contributed by atoms with Gasteiger partial charge in [0, 0.05) is 0 Å². The minimum atomic E-state index is -0.851. The van der Waals surface area contributed by atoms with E-state index in [4.69, 9.17) is 9.47 Å². The van der Waals surface area contributed by atoms with Crippen LogP contribution >= 0.6 is 11.3 Å². The zero-order chi connectivity index (χ0) is 20.7. The van der Waals surface area contributed by atoms with Crippen molar-refractivity contribution >= 4 is 34.8 Å². The van der Waals surface area contributed by atoms with E-state index in [2.05, 4.69) is 10.6 Å². The van der Waals surface area contributed by atoms with Crippen LogP contribution in [0.2, 0.25) is 0 Å². The van der Waals surface area contributed by atoms with Crippen molar-refractivity contribution in [1.29, 1.82) is 0 Å². The standard InChI is InChI=1S/C20H24N2O5S/c1-12(2)18(22-19(24)16-6-5-9-28-16)20(25)27-11-17(23)21-14-10-13(3)7-8-15(14)26-4/h5-10,12,18H,11H2,1-4H3,(H,21,23)(H,22,24)/t18-/m1/s1. The van der Waals surface area contributed by atoms with Crippen LogP contribution in [0.4, 0.5) is 5.69 Å². The molecule has 2 rings (SSSR count). The van der Waals surface area contributed by atoms with E-state index in [9.17, 15) is 14.4 Å². The van der Waals surface area contributed by atoms with E-state index in [1.165, 1.54) is 18.4 Å². The van der Waals surface area contributed by atoms with E-state index in [1.807, 2.05) is 13.0 Å². The van der Waals surface area contributed by atoms with Crippen LogP contribution in [0.5, 0.6) is 5.75 Å². The van der Waals surface area contributed by atoms with Crippen LogP contribution < -0.4 is 15.4 Å². The average molecular weight is 404 g/mol. The summed E-state index contributed by atoms with van der Waals surface area (Å²) in [6.45, 7) is 5.00. The third-order valence-electron chi connectivity index (χ3n) is 3.93. The van der Waals surface area contributed by atoms with E-state index in [1.54, 1.807) is 43.5 Å². The number of ether oxygens (including phenoxy) is 2. The summed E-state index contributed by atoms with van der Waals surface area (Å²) in [7, 11) is 1.50. The zero-order valence-corrected chi connectivity index (χ0v) is 17.1. The maximum atomic E-state index is 12.4. The van der Waals surface area contributed by atoms with Crippen molar-refractivity contribution in [3.8, 4) is 5.75 Å². The third-order valence-corrected chi connectivity index (χ3v) is 4.80. The van der Waals surface area contributed by atoms with Crippen LogP contribution in [0.15, 0.2) is 35.7 Å². The molecule has 0 aliphatic carbocycles. The Hall–Kier alpha value is -2.87. The van der Waals surface area contributed by atoms with Crippen molar-refractivity contribution in [1.82, 2.24) is 5.32 Å². The summed E-state index contributed by atoms with van der Waals surface area (Å²) in [5.74, 6) is -1.19. The Kier molecular flexibility index (Phi) is 7.57. The molecule has 1 heterocycles. The molecule has 8 heteroatoms. The molecule has 28 heavy (non-hydrogen) atoms. The number of nitrogens with one attached hydrogen (secondary N) is 2.